The predicted octanol–water partition coefficient (Wildman–Crippen LogP) is 2.66. The van der Waals surface area contributed by atoms with Gasteiger partial charge < -0.3 is 19.3 Å². The molecule has 24 heavy (non-hydrogen) atoms. The lowest BCUT2D eigenvalue weighted by Crippen LogP contribution is -2.24. The number of hydrogen-bond acceptors (Lipinski definition) is 5. The minimum atomic E-state index is -1.20. The maximum absolute atomic E-state index is 11.4. The van der Waals surface area contributed by atoms with E-state index in [2.05, 4.69) is 4.74 Å². The first kappa shape index (κ1) is 17.8. The van der Waals surface area contributed by atoms with Gasteiger partial charge in [0.15, 0.2) is 17.6 Å². The van der Waals surface area contributed by atoms with Crippen molar-refractivity contribution < 1.29 is 24.1 Å². The number of rotatable bonds is 7. The first-order valence-corrected chi connectivity index (χ1v) is 7.65. The maximum Gasteiger partial charge on any atom is 0.335 e. The molecule has 0 aromatic heterocycles. The predicted molar refractivity (Wildman–Crippen MR) is 90.2 cm³/mol. The summed E-state index contributed by atoms with van der Waals surface area (Å²) >= 11 is 0. The number of hydrogen-bond donors (Lipinski definition) is 1. The number of carbonyl (C=O) groups excluding carboxylic acids is 1. The number of methoxy groups -OCH3 is 2. The minimum Gasteiger partial charge on any atom is -0.493 e. The van der Waals surface area contributed by atoms with Crippen LogP contribution in [0.1, 0.15) is 16.7 Å². The van der Waals surface area contributed by atoms with E-state index in [-0.39, 0.29) is 6.42 Å². The van der Waals surface area contributed by atoms with Gasteiger partial charge in [-0.1, -0.05) is 36.4 Å². The topological polar surface area (TPSA) is 65.0 Å². The molecule has 0 aliphatic carbocycles. The van der Waals surface area contributed by atoms with Crippen molar-refractivity contribution in [1.29, 1.82) is 0 Å². The van der Waals surface area contributed by atoms with Crippen molar-refractivity contribution in [3.63, 3.8) is 0 Å². The van der Waals surface area contributed by atoms with Crippen molar-refractivity contribution in [2.75, 3.05) is 14.2 Å². The third-order valence-electron chi connectivity index (χ3n) is 3.65. The zero-order valence-corrected chi connectivity index (χ0v) is 14.1. The standard InChI is InChI=1S/C19H22O5/c1-13-9-15(10-16(20)19(21)23-3)11-17(22-2)18(13)24-12-14-7-5-4-6-8-14/h4-9,11,16,20H,10,12H2,1-3H3/t16-/m1/s1. The van der Waals surface area contributed by atoms with Gasteiger partial charge in [0, 0.05) is 6.42 Å². The first-order valence-electron chi connectivity index (χ1n) is 7.65. The molecule has 0 saturated heterocycles. The van der Waals surface area contributed by atoms with Crippen molar-refractivity contribution in [3.05, 3.63) is 59.2 Å². The fraction of sp³-hybridized carbons (Fsp3) is 0.316. The van der Waals surface area contributed by atoms with E-state index < -0.39 is 12.1 Å². The fourth-order valence-corrected chi connectivity index (χ4v) is 2.44. The van der Waals surface area contributed by atoms with Crippen LogP contribution in [0.5, 0.6) is 11.5 Å². The summed E-state index contributed by atoms with van der Waals surface area (Å²) < 4.78 is 15.8. The summed E-state index contributed by atoms with van der Waals surface area (Å²) in [4.78, 5) is 11.4. The zero-order valence-electron chi connectivity index (χ0n) is 14.1. The van der Waals surface area contributed by atoms with Gasteiger partial charge in [-0.2, -0.15) is 0 Å². The Hall–Kier alpha value is -2.53. The van der Waals surface area contributed by atoms with Crippen LogP contribution in [0.15, 0.2) is 42.5 Å². The molecule has 0 bridgehead atoms. The molecule has 0 aliphatic rings. The highest BCUT2D eigenvalue weighted by molar-refractivity contribution is 5.74. The Bertz CT molecular complexity index is 682. The second-order valence-corrected chi connectivity index (χ2v) is 5.46. The molecule has 0 fully saturated rings. The Morgan fingerprint density at radius 3 is 2.46 bits per heavy atom. The van der Waals surface area contributed by atoms with Crippen molar-refractivity contribution in [3.8, 4) is 11.5 Å². The van der Waals surface area contributed by atoms with Crippen LogP contribution in [0.4, 0.5) is 0 Å². The van der Waals surface area contributed by atoms with E-state index >= 15 is 0 Å². The lowest BCUT2D eigenvalue weighted by atomic mass is 10.0. The van der Waals surface area contributed by atoms with Crippen LogP contribution in [0.2, 0.25) is 0 Å². The number of aliphatic hydroxyl groups is 1. The third-order valence-corrected chi connectivity index (χ3v) is 3.65. The van der Waals surface area contributed by atoms with E-state index in [0.717, 1.165) is 16.7 Å². The molecular weight excluding hydrogens is 308 g/mol. The molecule has 0 saturated carbocycles. The zero-order chi connectivity index (χ0) is 17.5. The van der Waals surface area contributed by atoms with Gasteiger partial charge in [0.05, 0.1) is 14.2 Å². The van der Waals surface area contributed by atoms with Crippen LogP contribution in [0.3, 0.4) is 0 Å². The summed E-state index contributed by atoms with van der Waals surface area (Å²) in [5.74, 6) is 0.562. The van der Waals surface area contributed by atoms with Crippen LogP contribution in [0.25, 0.3) is 0 Å². The van der Waals surface area contributed by atoms with E-state index in [4.69, 9.17) is 9.47 Å². The number of carbonyl (C=O) groups is 1. The van der Waals surface area contributed by atoms with Crippen molar-refractivity contribution >= 4 is 5.97 Å². The van der Waals surface area contributed by atoms with E-state index in [1.54, 1.807) is 13.2 Å². The molecule has 1 N–H and O–H groups in total. The van der Waals surface area contributed by atoms with E-state index in [1.165, 1.54) is 7.11 Å². The molecule has 2 aromatic carbocycles. The van der Waals surface area contributed by atoms with Gasteiger partial charge in [0.2, 0.25) is 0 Å². The monoisotopic (exact) mass is 330 g/mol. The van der Waals surface area contributed by atoms with Crippen LogP contribution in [-0.4, -0.2) is 31.4 Å². The molecule has 5 heteroatoms. The highest BCUT2D eigenvalue weighted by atomic mass is 16.5. The van der Waals surface area contributed by atoms with Gasteiger partial charge in [-0.15, -0.1) is 0 Å². The summed E-state index contributed by atoms with van der Waals surface area (Å²) in [5.41, 5.74) is 2.70. The molecular formula is C19H22O5. The SMILES string of the molecule is COC(=O)[C@H](O)Cc1cc(C)c(OCc2ccccc2)c(OC)c1. The summed E-state index contributed by atoms with van der Waals surface area (Å²) in [5, 5.41) is 9.80. The van der Waals surface area contributed by atoms with Crippen molar-refractivity contribution in [2.24, 2.45) is 0 Å². The summed E-state index contributed by atoms with van der Waals surface area (Å²) in [6.45, 7) is 2.33. The van der Waals surface area contributed by atoms with E-state index in [9.17, 15) is 9.90 Å². The Balaban J connectivity index is 2.16. The lowest BCUT2D eigenvalue weighted by molar-refractivity contribution is -0.150. The average molecular weight is 330 g/mol. The quantitative estimate of drug-likeness (QED) is 0.791. The molecule has 0 spiro atoms. The second-order valence-electron chi connectivity index (χ2n) is 5.46. The Morgan fingerprint density at radius 1 is 1.12 bits per heavy atom. The highest BCUT2D eigenvalue weighted by Gasteiger charge is 2.18. The van der Waals surface area contributed by atoms with Crippen LogP contribution < -0.4 is 9.47 Å². The number of esters is 1. The highest BCUT2D eigenvalue weighted by Crippen LogP contribution is 2.33. The fourth-order valence-electron chi connectivity index (χ4n) is 2.44. The summed E-state index contributed by atoms with van der Waals surface area (Å²) in [6, 6.07) is 13.5. The summed E-state index contributed by atoms with van der Waals surface area (Å²) in [7, 11) is 2.81. The molecule has 128 valence electrons. The summed E-state index contributed by atoms with van der Waals surface area (Å²) in [6.07, 6.45) is -1.04. The lowest BCUT2D eigenvalue weighted by Gasteiger charge is -2.16. The van der Waals surface area contributed by atoms with Gasteiger partial charge in [-0.25, -0.2) is 4.79 Å². The molecule has 2 aromatic rings. The maximum atomic E-state index is 11.4. The van der Waals surface area contributed by atoms with Crippen LogP contribution >= 0.6 is 0 Å². The van der Waals surface area contributed by atoms with Gasteiger partial charge >= 0.3 is 5.97 Å². The Morgan fingerprint density at radius 2 is 1.83 bits per heavy atom. The molecule has 0 amide bonds. The van der Waals surface area contributed by atoms with Crippen LogP contribution in [-0.2, 0) is 22.6 Å². The molecule has 0 aliphatic heterocycles. The number of aliphatic hydroxyl groups excluding tert-OH is 1. The number of ether oxygens (including phenoxy) is 3. The average Bonchev–Trinajstić information content (AvgIpc) is 2.60. The molecule has 0 radical (unpaired) electrons. The Labute approximate surface area is 141 Å². The number of aryl methyl sites for hydroxylation is 1. The molecule has 1 atom stereocenters. The normalized spacial score (nSPS) is 11.7. The van der Waals surface area contributed by atoms with Crippen molar-refractivity contribution in [2.45, 2.75) is 26.1 Å². The first-order chi connectivity index (χ1) is 11.5. The van der Waals surface area contributed by atoms with E-state index in [0.29, 0.717) is 18.1 Å². The Kier molecular flexibility index (Phi) is 6.21. The van der Waals surface area contributed by atoms with Gasteiger partial charge in [0.25, 0.3) is 0 Å². The van der Waals surface area contributed by atoms with Crippen LogP contribution in [0, 0.1) is 6.92 Å². The van der Waals surface area contributed by atoms with E-state index in [1.807, 2.05) is 43.3 Å². The largest absolute Gasteiger partial charge is 0.493 e. The minimum absolute atomic E-state index is 0.156. The van der Waals surface area contributed by atoms with Gasteiger partial charge in [-0.05, 0) is 29.7 Å². The second kappa shape index (κ2) is 8.36. The molecule has 0 heterocycles. The third kappa shape index (κ3) is 4.49. The molecule has 2 rings (SSSR count). The smallest absolute Gasteiger partial charge is 0.335 e. The molecule has 5 nitrogen and oxygen atoms in total. The van der Waals surface area contributed by atoms with Gasteiger partial charge in [0.1, 0.15) is 6.61 Å². The molecule has 0 unspecified atom stereocenters. The number of benzene rings is 2. The van der Waals surface area contributed by atoms with Crippen molar-refractivity contribution in [1.82, 2.24) is 0 Å². The van der Waals surface area contributed by atoms with Gasteiger partial charge in [-0.3, -0.25) is 0 Å².